The maximum absolute atomic E-state index is 11.4. The van der Waals surface area contributed by atoms with Crippen molar-refractivity contribution in [2.24, 2.45) is 5.18 Å². The van der Waals surface area contributed by atoms with Crippen LogP contribution in [0, 0.1) is 4.91 Å². The smallest absolute Gasteiger partial charge is 0.305 e. The number of ether oxygens (including phenoxy) is 1. The van der Waals surface area contributed by atoms with Crippen LogP contribution in [-0.2, 0) is 9.53 Å². The van der Waals surface area contributed by atoms with Gasteiger partial charge in [-0.25, -0.2) is 0 Å². The summed E-state index contributed by atoms with van der Waals surface area (Å²) in [5.74, 6) is -0.303. The van der Waals surface area contributed by atoms with Gasteiger partial charge in [-0.1, -0.05) is 89.2 Å². The van der Waals surface area contributed by atoms with Gasteiger partial charge in [0.2, 0.25) is 0 Å². The molecule has 5 heteroatoms. The molecule has 0 aliphatic heterocycles. The van der Waals surface area contributed by atoms with E-state index in [9.17, 15) is 14.8 Å². The van der Waals surface area contributed by atoms with Gasteiger partial charge in [0.1, 0.15) is 19.3 Å². The minimum Gasteiger partial charge on any atom is -0.463 e. The lowest BCUT2D eigenvalue weighted by Gasteiger charge is -2.07. The first-order valence-electron chi connectivity index (χ1n) is 9.83. The molecule has 142 valence electrons. The normalized spacial score (nSPS) is 12.1. The highest BCUT2D eigenvalue weighted by atomic mass is 16.5. The number of nitrogens with zero attached hydrogens (tertiary/aromatic N) is 1. The molecule has 0 aromatic rings. The van der Waals surface area contributed by atoms with Crippen LogP contribution < -0.4 is 0 Å². The van der Waals surface area contributed by atoms with Gasteiger partial charge in [-0.15, -0.1) is 0 Å². The molecule has 0 heterocycles. The van der Waals surface area contributed by atoms with Crippen LogP contribution in [0.4, 0.5) is 0 Å². The lowest BCUT2D eigenvalue weighted by Crippen LogP contribution is -2.21. The first kappa shape index (κ1) is 23.0. The van der Waals surface area contributed by atoms with E-state index in [1.807, 2.05) is 0 Å². The van der Waals surface area contributed by atoms with Gasteiger partial charge in [0.05, 0.1) is 0 Å². The van der Waals surface area contributed by atoms with Gasteiger partial charge in [0.25, 0.3) is 0 Å². The summed E-state index contributed by atoms with van der Waals surface area (Å²) >= 11 is 0. The summed E-state index contributed by atoms with van der Waals surface area (Å²) in [5, 5.41) is 11.8. The van der Waals surface area contributed by atoms with Gasteiger partial charge in [0.15, 0.2) is 0 Å². The summed E-state index contributed by atoms with van der Waals surface area (Å²) in [4.78, 5) is 21.3. The number of nitroso groups, excluding NO2 is 1. The summed E-state index contributed by atoms with van der Waals surface area (Å²) in [6, 6.07) is 0. The zero-order valence-electron chi connectivity index (χ0n) is 15.5. The Hall–Kier alpha value is -0.970. The van der Waals surface area contributed by atoms with Crippen molar-refractivity contribution in [3.05, 3.63) is 4.91 Å². The van der Waals surface area contributed by atoms with Crippen molar-refractivity contribution < 1.29 is 14.6 Å². The molecule has 0 saturated carbocycles. The highest BCUT2D eigenvalue weighted by molar-refractivity contribution is 5.69. The molecular weight excluding hydrogens is 306 g/mol. The molecule has 1 N–H and O–H groups in total. The lowest BCUT2D eigenvalue weighted by molar-refractivity contribution is -0.146. The van der Waals surface area contributed by atoms with Crippen LogP contribution in [0.2, 0.25) is 0 Å². The zero-order chi connectivity index (χ0) is 17.9. The third kappa shape index (κ3) is 17.4. The average Bonchev–Trinajstić information content (AvgIpc) is 2.57. The van der Waals surface area contributed by atoms with Crippen LogP contribution in [0.3, 0.4) is 0 Å². The maximum Gasteiger partial charge on any atom is 0.305 e. The monoisotopic (exact) mass is 343 g/mol. The summed E-state index contributed by atoms with van der Waals surface area (Å²) < 4.78 is 4.88. The van der Waals surface area contributed by atoms with E-state index < -0.39 is 6.10 Å². The number of carbonyl (C=O) groups is 1. The van der Waals surface area contributed by atoms with Crippen LogP contribution in [0.5, 0.6) is 0 Å². The van der Waals surface area contributed by atoms with Crippen molar-refractivity contribution in [1.29, 1.82) is 0 Å². The molecule has 0 aromatic heterocycles. The predicted molar refractivity (Wildman–Crippen MR) is 97.9 cm³/mol. The SMILES string of the molecule is CCCCCCCCCCCCCCCC(=O)OCC(O)CN=O. The van der Waals surface area contributed by atoms with E-state index in [2.05, 4.69) is 12.1 Å². The molecular formula is C19H37NO4. The van der Waals surface area contributed by atoms with Crippen LogP contribution in [-0.4, -0.2) is 30.3 Å². The fraction of sp³-hybridized carbons (Fsp3) is 0.947. The van der Waals surface area contributed by atoms with Crippen LogP contribution in [0.15, 0.2) is 5.18 Å². The minimum absolute atomic E-state index is 0.136. The van der Waals surface area contributed by atoms with E-state index in [1.54, 1.807) is 0 Å². The van der Waals surface area contributed by atoms with Crippen LogP contribution in [0.25, 0.3) is 0 Å². The molecule has 0 bridgehead atoms. The number of hydrogen-bond acceptors (Lipinski definition) is 5. The van der Waals surface area contributed by atoms with Crippen molar-refractivity contribution in [2.45, 2.75) is 103 Å². The van der Waals surface area contributed by atoms with Gasteiger partial charge in [-0.05, 0) is 6.42 Å². The van der Waals surface area contributed by atoms with E-state index in [4.69, 9.17) is 4.74 Å². The zero-order valence-corrected chi connectivity index (χ0v) is 15.5. The summed E-state index contributed by atoms with van der Waals surface area (Å²) in [5.41, 5.74) is 0. The molecule has 0 aliphatic rings. The number of aliphatic hydroxyl groups excluding tert-OH is 1. The summed E-state index contributed by atoms with van der Waals surface area (Å²) in [6.45, 7) is 1.89. The molecule has 1 atom stereocenters. The Kier molecular flexibility index (Phi) is 17.6. The second-order valence-electron chi connectivity index (χ2n) is 6.64. The third-order valence-corrected chi connectivity index (χ3v) is 4.21. The number of hydrogen-bond donors (Lipinski definition) is 1. The quantitative estimate of drug-likeness (QED) is 0.212. The van der Waals surface area contributed by atoms with Crippen LogP contribution >= 0.6 is 0 Å². The highest BCUT2D eigenvalue weighted by Gasteiger charge is 2.08. The molecule has 24 heavy (non-hydrogen) atoms. The fourth-order valence-electron chi connectivity index (χ4n) is 2.69. The second-order valence-corrected chi connectivity index (χ2v) is 6.64. The summed E-state index contributed by atoms with van der Waals surface area (Å²) in [7, 11) is 0. The molecule has 0 rings (SSSR count). The maximum atomic E-state index is 11.4. The molecule has 0 aromatic carbocycles. The standard InChI is InChI=1S/C19H37NO4/c1-2-3-4-5-6-7-8-9-10-11-12-13-14-15-19(22)24-17-18(21)16-20-23/h18,21H,2-17H2,1H3. The number of carbonyl (C=O) groups excluding carboxylic acids is 1. The van der Waals surface area contributed by atoms with Crippen molar-refractivity contribution in [3.63, 3.8) is 0 Å². The topological polar surface area (TPSA) is 76.0 Å². The first-order chi connectivity index (χ1) is 11.7. The highest BCUT2D eigenvalue weighted by Crippen LogP contribution is 2.13. The molecule has 0 fully saturated rings. The molecule has 0 saturated heterocycles. The molecule has 1 unspecified atom stereocenters. The Morgan fingerprint density at radius 3 is 1.79 bits per heavy atom. The Morgan fingerprint density at radius 1 is 0.875 bits per heavy atom. The Bertz CT molecular complexity index is 297. The van der Waals surface area contributed by atoms with Gasteiger partial charge < -0.3 is 9.84 Å². The Balaban J connectivity index is 3.19. The van der Waals surface area contributed by atoms with Gasteiger partial charge in [-0.2, -0.15) is 4.91 Å². The minimum atomic E-state index is -0.974. The molecule has 5 nitrogen and oxygen atoms in total. The van der Waals surface area contributed by atoms with Crippen LogP contribution in [0.1, 0.15) is 96.8 Å². The molecule has 0 aliphatic carbocycles. The number of aliphatic hydroxyl groups is 1. The molecule has 0 amide bonds. The first-order valence-corrected chi connectivity index (χ1v) is 9.83. The Labute approximate surface area is 147 Å². The van der Waals surface area contributed by atoms with E-state index in [0.29, 0.717) is 6.42 Å². The van der Waals surface area contributed by atoms with E-state index >= 15 is 0 Å². The van der Waals surface area contributed by atoms with Crippen molar-refractivity contribution >= 4 is 5.97 Å². The fourth-order valence-corrected chi connectivity index (χ4v) is 2.69. The largest absolute Gasteiger partial charge is 0.463 e. The number of unbranched alkanes of at least 4 members (excludes halogenated alkanes) is 12. The van der Waals surface area contributed by atoms with Gasteiger partial charge in [-0.3, -0.25) is 4.79 Å². The second kappa shape index (κ2) is 18.4. The lowest BCUT2D eigenvalue weighted by atomic mass is 10.0. The molecule has 0 radical (unpaired) electrons. The summed E-state index contributed by atoms with van der Waals surface area (Å²) in [6.07, 6.45) is 15.9. The average molecular weight is 344 g/mol. The van der Waals surface area contributed by atoms with E-state index in [1.165, 1.54) is 70.6 Å². The third-order valence-electron chi connectivity index (χ3n) is 4.21. The van der Waals surface area contributed by atoms with Crippen molar-refractivity contribution in [1.82, 2.24) is 0 Å². The van der Waals surface area contributed by atoms with Gasteiger partial charge >= 0.3 is 5.97 Å². The molecule has 0 spiro atoms. The van der Waals surface area contributed by atoms with Gasteiger partial charge in [0, 0.05) is 6.42 Å². The van der Waals surface area contributed by atoms with Crippen molar-refractivity contribution in [3.8, 4) is 0 Å². The van der Waals surface area contributed by atoms with E-state index in [-0.39, 0.29) is 19.1 Å². The predicted octanol–water partition coefficient (Wildman–Crippen LogP) is 5.14. The van der Waals surface area contributed by atoms with E-state index in [0.717, 1.165) is 12.8 Å². The number of esters is 1. The van der Waals surface area contributed by atoms with Crippen molar-refractivity contribution in [2.75, 3.05) is 13.2 Å². The number of rotatable bonds is 18. The Morgan fingerprint density at radius 2 is 1.33 bits per heavy atom.